The Labute approximate surface area is 196 Å². The zero-order valence-electron chi connectivity index (χ0n) is 20.8. The summed E-state index contributed by atoms with van der Waals surface area (Å²) >= 11 is 0. The molecule has 1 aliphatic heterocycles. The summed E-state index contributed by atoms with van der Waals surface area (Å²) in [5.41, 5.74) is 6.05. The van der Waals surface area contributed by atoms with Gasteiger partial charge >= 0.3 is 0 Å². The van der Waals surface area contributed by atoms with E-state index in [-0.39, 0.29) is 0 Å². The zero-order valence-corrected chi connectivity index (χ0v) is 20.8. The van der Waals surface area contributed by atoms with Gasteiger partial charge in [0.2, 0.25) is 0 Å². The molecule has 1 saturated carbocycles. The summed E-state index contributed by atoms with van der Waals surface area (Å²) in [5.74, 6) is 1.53. The maximum atomic E-state index is 4.37. The lowest BCUT2D eigenvalue weighted by Crippen LogP contribution is -2.47. The quantitative estimate of drug-likeness (QED) is 0.489. The van der Waals surface area contributed by atoms with Crippen LogP contribution >= 0.6 is 0 Å². The molecule has 0 N–H and O–H groups in total. The fraction of sp³-hybridized carbons (Fsp3) is 0.621. The number of unbranched alkanes of at least 4 members (excludes halogenated alkanes) is 1. The van der Waals surface area contributed by atoms with Gasteiger partial charge in [-0.1, -0.05) is 46.2 Å². The number of piperazine rings is 1. The van der Waals surface area contributed by atoms with Gasteiger partial charge in [0.1, 0.15) is 0 Å². The standard InChI is InChI=1S/C29H43N3/c1-5-6-16-31-17-19-32(20-18-31)28-14-11-24(25-8-7-15-30-22-25)21-27(28)23-9-12-26(13-10-23)29(2,3)4/h7-8,11,14-15,21-23,26H,5-6,9-10,12-13,16-20H2,1-4H3. The van der Waals surface area contributed by atoms with Crippen LogP contribution in [0.1, 0.15) is 77.7 Å². The topological polar surface area (TPSA) is 19.4 Å². The minimum absolute atomic E-state index is 0.431. The van der Waals surface area contributed by atoms with Gasteiger partial charge in [0.05, 0.1) is 0 Å². The van der Waals surface area contributed by atoms with Crippen LogP contribution in [-0.4, -0.2) is 42.6 Å². The zero-order chi connectivity index (χ0) is 22.6. The number of hydrogen-bond acceptors (Lipinski definition) is 3. The number of benzene rings is 1. The van der Waals surface area contributed by atoms with Crippen molar-refractivity contribution in [2.75, 3.05) is 37.6 Å². The van der Waals surface area contributed by atoms with Crippen molar-refractivity contribution in [1.82, 2.24) is 9.88 Å². The molecule has 0 unspecified atom stereocenters. The molecule has 0 bridgehead atoms. The SMILES string of the molecule is CCCCN1CCN(c2ccc(-c3cccnc3)cc2C2CCC(C(C)(C)C)CC2)CC1. The van der Waals surface area contributed by atoms with Gasteiger partial charge in [0.15, 0.2) is 0 Å². The highest BCUT2D eigenvalue weighted by molar-refractivity contribution is 5.69. The normalized spacial score (nSPS) is 22.8. The van der Waals surface area contributed by atoms with Gasteiger partial charge in [0, 0.05) is 44.3 Å². The summed E-state index contributed by atoms with van der Waals surface area (Å²) in [7, 11) is 0. The Bertz CT molecular complexity index is 838. The van der Waals surface area contributed by atoms with Crippen LogP contribution in [0.2, 0.25) is 0 Å². The molecule has 1 aliphatic carbocycles. The van der Waals surface area contributed by atoms with Crippen molar-refractivity contribution in [2.45, 2.75) is 72.1 Å². The van der Waals surface area contributed by atoms with Crippen molar-refractivity contribution in [3.63, 3.8) is 0 Å². The van der Waals surface area contributed by atoms with E-state index in [1.54, 1.807) is 5.56 Å². The van der Waals surface area contributed by atoms with Crippen molar-refractivity contribution in [2.24, 2.45) is 11.3 Å². The molecule has 1 aromatic heterocycles. The second-order valence-electron chi connectivity index (χ2n) is 11.1. The maximum Gasteiger partial charge on any atom is 0.0402 e. The molecule has 0 radical (unpaired) electrons. The van der Waals surface area contributed by atoms with E-state index in [4.69, 9.17) is 0 Å². The molecule has 4 rings (SSSR count). The largest absolute Gasteiger partial charge is 0.369 e. The van der Waals surface area contributed by atoms with Crippen LogP contribution in [0.5, 0.6) is 0 Å². The summed E-state index contributed by atoms with van der Waals surface area (Å²) in [6.45, 7) is 15.5. The summed E-state index contributed by atoms with van der Waals surface area (Å²) in [6.07, 6.45) is 11.8. The highest BCUT2D eigenvalue weighted by Crippen LogP contribution is 2.46. The third-order valence-electron chi connectivity index (χ3n) is 7.96. The highest BCUT2D eigenvalue weighted by Gasteiger charge is 2.32. The fourth-order valence-electron chi connectivity index (χ4n) is 5.75. The molecular weight excluding hydrogens is 390 g/mol. The third kappa shape index (κ3) is 5.54. The first-order valence-electron chi connectivity index (χ1n) is 13.0. The third-order valence-corrected chi connectivity index (χ3v) is 7.96. The molecule has 3 heteroatoms. The Morgan fingerprint density at radius 1 is 0.938 bits per heavy atom. The molecule has 0 spiro atoms. The van der Waals surface area contributed by atoms with Crippen molar-refractivity contribution in [3.05, 3.63) is 48.3 Å². The molecule has 1 aromatic carbocycles. The number of pyridine rings is 1. The Kier molecular flexibility index (Phi) is 7.55. The van der Waals surface area contributed by atoms with Crippen molar-refractivity contribution in [1.29, 1.82) is 0 Å². The lowest BCUT2D eigenvalue weighted by molar-refractivity contribution is 0.169. The molecule has 1 saturated heterocycles. The average molecular weight is 434 g/mol. The first-order valence-corrected chi connectivity index (χ1v) is 13.0. The van der Waals surface area contributed by atoms with Gasteiger partial charge in [0.25, 0.3) is 0 Å². The molecule has 0 atom stereocenters. The van der Waals surface area contributed by atoms with Crippen LogP contribution in [0.15, 0.2) is 42.7 Å². The van der Waals surface area contributed by atoms with Gasteiger partial charge in [-0.3, -0.25) is 9.88 Å². The number of nitrogens with zero attached hydrogens (tertiary/aromatic N) is 3. The predicted octanol–water partition coefficient (Wildman–Crippen LogP) is 6.99. The van der Waals surface area contributed by atoms with Crippen LogP contribution in [0.4, 0.5) is 5.69 Å². The molecule has 32 heavy (non-hydrogen) atoms. The van der Waals surface area contributed by atoms with Crippen LogP contribution in [-0.2, 0) is 0 Å². The van der Waals surface area contributed by atoms with Crippen LogP contribution in [0.25, 0.3) is 11.1 Å². The Balaban J connectivity index is 1.56. The smallest absolute Gasteiger partial charge is 0.0402 e. The van der Waals surface area contributed by atoms with E-state index < -0.39 is 0 Å². The molecule has 0 amide bonds. The Hall–Kier alpha value is -1.87. The number of rotatable bonds is 6. The van der Waals surface area contributed by atoms with E-state index in [0.29, 0.717) is 11.3 Å². The lowest BCUT2D eigenvalue weighted by atomic mass is 9.68. The fourth-order valence-corrected chi connectivity index (χ4v) is 5.75. The molecule has 3 nitrogen and oxygen atoms in total. The van der Waals surface area contributed by atoms with E-state index >= 15 is 0 Å². The van der Waals surface area contributed by atoms with E-state index in [0.717, 1.165) is 19.0 Å². The molecule has 2 fully saturated rings. The molecular formula is C29H43N3. The van der Waals surface area contributed by atoms with E-state index in [9.17, 15) is 0 Å². The molecule has 2 heterocycles. The van der Waals surface area contributed by atoms with Crippen LogP contribution < -0.4 is 4.90 Å². The molecule has 2 aromatic rings. The second kappa shape index (κ2) is 10.4. The van der Waals surface area contributed by atoms with Crippen molar-refractivity contribution < 1.29 is 0 Å². The highest BCUT2D eigenvalue weighted by atomic mass is 15.3. The van der Waals surface area contributed by atoms with E-state index in [2.05, 4.69) is 66.7 Å². The average Bonchev–Trinajstić information content (AvgIpc) is 2.83. The first kappa shape index (κ1) is 23.3. The second-order valence-corrected chi connectivity index (χ2v) is 11.1. The van der Waals surface area contributed by atoms with Gasteiger partial charge in [-0.15, -0.1) is 0 Å². The Morgan fingerprint density at radius 2 is 1.69 bits per heavy atom. The summed E-state index contributed by atoms with van der Waals surface area (Å²) in [6, 6.07) is 11.5. The van der Waals surface area contributed by atoms with Crippen LogP contribution in [0.3, 0.4) is 0 Å². The first-order chi connectivity index (χ1) is 15.5. The summed E-state index contributed by atoms with van der Waals surface area (Å²) in [5, 5.41) is 0. The van der Waals surface area contributed by atoms with Crippen molar-refractivity contribution in [3.8, 4) is 11.1 Å². The maximum absolute atomic E-state index is 4.37. The minimum atomic E-state index is 0.431. The predicted molar refractivity (Wildman–Crippen MR) is 137 cm³/mol. The number of hydrogen-bond donors (Lipinski definition) is 0. The van der Waals surface area contributed by atoms with Crippen molar-refractivity contribution >= 4 is 5.69 Å². The lowest BCUT2D eigenvalue weighted by Gasteiger charge is -2.40. The van der Waals surface area contributed by atoms with E-state index in [1.165, 1.54) is 75.0 Å². The monoisotopic (exact) mass is 433 g/mol. The molecule has 2 aliphatic rings. The van der Waals surface area contributed by atoms with Gasteiger partial charge in [-0.25, -0.2) is 0 Å². The van der Waals surface area contributed by atoms with Gasteiger partial charge < -0.3 is 4.90 Å². The summed E-state index contributed by atoms with van der Waals surface area (Å²) < 4.78 is 0. The van der Waals surface area contributed by atoms with Gasteiger partial charge in [-0.05, 0) is 90.8 Å². The Morgan fingerprint density at radius 3 is 2.31 bits per heavy atom. The summed E-state index contributed by atoms with van der Waals surface area (Å²) in [4.78, 5) is 9.69. The van der Waals surface area contributed by atoms with Crippen LogP contribution in [0, 0.1) is 11.3 Å². The van der Waals surface area contributed by atoms with E-state index in [1.807, 2.05) is 18.5 Å². The molecule has 174 valence electrons. The minimum Gasteiger partial charge on any atom is -0.369 e. The van der Waals surface area contributed by atoms with Gasteiger partial charge in [-0.2, -0.15) is 0 Å². The number of aromatic nitrogens is 1. The number of anilines is 1.